The van der Waals surface area contributed by atoms with Gasteiger partial charge in [-0.2, -0.15) is 0 Å². The SMILES string of the molecule is O=C(NCc1ccc(Cl)cc1)c1ccc(CS(=O)(=O)c2ccccc2)o1. The van der Waals surface area contributed by atoms with Crippen LogP contribution in [0.25, 0.3) is 0 Å². The van der Waals surface area contributed by atoms with Crippen LogP contribution in [0.3, 0.4) is 0 Å². The third-order valence-electron chi connectivity index (χ3n) is 3.69. The van der Waals surface area contributed by atoms with E-state index in [-0.39, 0.29) is 22.2 Å². The first-order chi connectivity index (χ1) is 12.4. The van der Waals surface area contributed by atoms with Crippen molar-refractivity contribution in [2.45, 2.75) is 17.2 Å². The van der Waals surface area contributed by atoms with E-state index in [2.05, 4.69) is 5.32 Å². The van der Waals surface area contributed by atoms with Gasteiger partial charge in [0.2, 0.25) is 0 Å². The minimum absolute atomic E-state index is 0.0669. The van der Waals surface area contributed by atoms with Crippen LogP contribution in [0, 0.1) is 0 Å². The predicted octanol–water partition coefficient (Wildman–Crippen LogP) is 3.84. The molecule has 1 aromatic heterocycles. The summed E-state index contributed by atoms with van der Waals surface area (Å²) in [6.07, 6.45) is 0. The van der Waals surface area contributed by atoms with Gasteiger partial charge >= 0.3 is 0 Å². The number of halogens is 1. The lowest BCUT2D eigenvalue weighted by Gasteiger charge is -2.04. The molecule has 2 aromatic carbocycles. The third-order valence-corrected chi connectivity index (χ3v) is 5.59. The molecule has 0 saturated heterocycles. The molecule has 0 aliphatic rings. The fraction of sp³-hybridized carbons (Fsp3) is 0.105. The molecule has 1 amide bonds. The molecule has 0 aliphatic heterocycles. The lowest BCUT2D eigenvalue weighted by molar-refractivity contribution is 0.0921. The van der Waals surface area contributed by atoms with Gasteiger partial charge in [-0.05, 0) is 42.0 Å². The summed E-state index contributed by atoms with van der Waals surface area (Å²) in [7, 11) is -3.52. The molecule has 0 bridgehead atoms. The smallest absolute Gasteiger partial charge is 0.287 e. The summed E-state index contributed by atoms with van der Waals surface area (Å²) in [5, 5.41) is 3.34. The summed E-state index contributed by atoms with van der Waals surface area (Å²) in [6.45, 7) is 0.314. The molecule has 26 heavy (non-hydrogen) atoms. The molecule has 134 valence electrons. The van der Waals surface area contributed by atoms with Crippen LogP contribution in [0.5, 0.6) is 0 Å². The van der Waals surface area contributed by atoms with Crippen molar-refractivity contribution in [3.8, 4) is 0 Å². The molecule has 0 saturated carbocycles. The Morgan fingerprint density at radius 3 is 2.35 bits per heavy atom. The van der Waals surface area contributed by atoms with Gasteiger partial charge in [0.25, 0.3) is 5.91 Å². The number of hydrogen-bond donors (Lipinski definition) is 1. The molecule has 7 heteroatoms. The van der Waals surface area contributed by atoms with Gasteiger partial charge in [-0.15, -0.1) is 0 Å². The van der Waals surface area contributed by atoms with Gasteiger partial charge in [0.1, 0.15) is 11.5 Å². The number of carbonyl (C=O) groups excluding carboxylic acids is 1. The highest BCUT2D eigenvalue weighted by Gasteiger charge is 2.19. The van der Waals surface area contributed by atoms with Crippen LogP contribution in [0.4, 0.5) is 0 Å². The van der Waals surface area contributed by atoms with Crippen LogP contribution >= 0.6 is 11.6 Å². The second-order valence-corrected chi connectivity index (χ2v) is 8.07. The standard InChI is InChI=1S/C19H16ClNO4S/c20-15-8-6-14(7-9-15)12-21-19(22)18-11-10-16(25-18)13-26(23,24)17-4-2-1-3-5-17/h1-11H,12-13H2,(H,21,22). The van der Waals surface area contributed by atoms with Gasteiger partial charge in [0.05, 0.1) is 4.90 Å². The van der Waals surface area contributed by atoms with Crippen molar-refractivity contribution in [3.05, 3.63) is 88.8 Å². The van der Waals surface area contributed by atoms with E-state index >= 15 is 0 Å². The molecule has 3 aromatic rings. The molecule has 0 unspecified atom stereocenters. The molecule has 1 N–H and O–H groups in total. The van der Waals surface area contributed by atoms with E-state index in [0.717, 1.165) is 5.56 Å². The Morgan fingerprint density at radius 1 is 0.962 bits per heavy atom. The Bertz CT molecular complexity index is 996. The Kier molecular flexibility index (Phi) is 5.44. The van der Waals surface area contributed by atoms with Gasteiger partial charge in [0.15, 0.2) is 15.6 Å². The number of hydrogen-bond acceptors (Lipinski definition) is 4. The number of furan rings is 1. The van der Waals surface area contributed by atoms with Gasteiger partial charge in [-0.25, -0.2) is 8.42 Å². The number of amides is 1. The highest BCUT2D eigenvalue weighted by atomic mass is 35.5. The molecule has 0 atom stereocenters. The molecule has 0 fully saturated rings. The van der Waals surface area contributed by atoms with Crippen molar-refractivity contribution < 1.29 is 17.6 Å². The lowest BCUT2D eigenvalue weighted by atomic mass is 10.2. The maximum absolute atomic E-state index is 12.3. The lowest BCUT2D eigenvalue weighted by Crippen LogP contribution is -2.22. The molecule has 0 spiro atoms. The average molecular weight is 390 g/mol. The summed E-state index contributed by atoms with van der Waals surface area (Å²) in [6, 6.07) is 18.2. The van der Waals surface area contributed by atoms with Gasteiger partial charge in [-0.3, -0.25) is 4.79 Å². The predicted molar refractivity (Wildman–Crippen MR) is 98.7 cm³/mol. The fourth-order valence-corrected chi connectivity index (χ4v) is 3.74. The normalized spacial score (nSPS) is 11.3. The van der Waals surface area contributed by atoms with Crippen LogP contribution in [0.15, 0.2) is 76.0 Å². The van der Waals surface area contributed by atoms with E-state index in [9.17, 15) is 13.2 Å². The maximum Gasteiger partial charge on any atom is 0.287 e. The van der Waals surface area contributed by atoms with Crippen molar-refractivity contribution in [1.82, 2.24) is 5.32 Å². The monoisotopic (exact) mass is 389 g/mol. The number of benzene rings is 2. The Morgan fingerprint density at radius 2 is 1.65 bits per heavy atom. The zero-order chi connectivity index (χ0) is 18.6. The summed E-state index contributed by atoms with van der Waals surface area (Å²) in [5.74, 6) is -0.437. The van der Waals surface area contributed by atoms with Crippen LogP contribution in [-0.4, -0.2) is 14.3 Å². The molecule has 3 rings (SSSR count). The van der Waals surface area contributed by atoms with E-state index in [4.69, 9.17) is 16.0 Å². The average Bonchev–Trinajstić information content (AvgIpc) is 3.09. The van der Waals surface area contributed by atoms with Crippen molar-refractivity contribution in [2.75, 3.05) is 0 Å². The second kappa shape index (κ2) is 7.76. The van der Waals surface area contributed by atoms with E-state index in [1.165, 1.54) is 24.3 Å². The first-order valence-corrected chi connectivity index (χ1v) is 9.86. The Labute approximate surface area is 156 Å². The zero-order valence-electron chi connectivity index (χ0n) is 13.7. The number of sulfone groups is 1. The van der Waals surface area contributed by atoms with Gasteiger partial charge in [-0.1, -0.05) is 41.9 Å². The number of rotatable bonds is 6. The topological polar surface area (TPSA) is 76.4 Å². The number of nitrogens with one attached hydrogen (secondary N) is 1. The molecule has 5 nitrogen and oxygen atoms in total. The van der Waals surface area contributed by atoms with Crippen LogP contribution in [0.2, 0.25) is 5.02 Å². The van der Waals surface area contributed by atoms with Crippen molar-refractivity contribution >= 4 is 27.3 Å². The molecule has 0 radical (unpaired) electrons. The van der Waals surface area contributed by atoms with Crippen molar-refractivity contribution in [3.63, 3.8) is 0 Å². The summed E-state index contributed by atoms with van der Waals surface area (Å²) in [5.41, 5.74) is 0.890. The minimum atomic E-state index is -3.52. The summed E-state index contributed by atoms with van der Waals surface area (Å²) >= 11 is 5.82. The minimum Gasteiger partial charge on any atom is -0.455 e. The van der Waals surface area contributed by atoms with Crippen LogP contribution in [-0.2, 0) is 22.1 Å². The Balaban J connectivity index is 1.64. The fourth-order valence-electron chi connectivity index (χ4n) is 2.35. The van der Waals surface area contributed by atoms with Crippen LogP contribution < -0.4 is 5.32 Å². The van der Waals surface area contributed by atoms with Crippen molar-refractivity contribution in [1.29, 1.82) is 0 Å². The molecular weight excluding hydrogens is 374 g/mol. The first-order valence-electron chi connectivity index (χ1n) is 7.83. The van der Waals surface area contributed by atoms with Crippen molar-refractivity contribution in [2.24, 2.45) is 0 Å². The molecular formula is C19H16ClNO4S. The van der Waals surface area contributed by atoms with Gasteiger partial charge in [0, 0.05) is 11.6 Å². The number of carbonyl (C=O) groups is 1. The van der Waals surface area contributed by atoms with Crippen LogP contribution in [0.1, 0.15) is 21.9 Å². The molecule has 0 aliphatic carbocycles. The zero-order valence-corrected chi connectivity index (χ0v) is 15.3. The highest BCUT2D eigenvalue weighted by molar-refractivity contribution is 7.90. The van der Waals surface area contributed by atoms with E-state index in [1.807, 2.05) is 12.1 Å². The quantitative estimate of drug-likeness (QED) is 0.695. The summed E-state index contributed by atoms with van der Waals surface area (Å²) < 4.78 is 30.1. The largest absolute Gasteiger partial charge is 0.455 e. The Hall–Kier alpha value is -2.57. The first kappa shape index (κ1) is 18.2. The van der Waals surface area contributed by atoms with E-state index < -0.39 is 15.7 Å². The highest BCUT2D eigenvalue weighted by Crippen LogP contribution is 2.18. The van der Waals surface area contributed by atoms with E-state index in [0.29, 0.717) is 11.6 Å². The van der Waals surface area contributed by atoms with E-state index in [1.54, 1.807) is 30.3 Å². The second-order valence-electron chi connectivity index (χ2n) is 5.65. The summed E-state index contributed by atoms with van der Waals surface area (Å²) in [4.78, 5) is 12.4. The third kappa shape index (κ3) is 4.53. The van der Waals surface area contributed by atoms with Gasteiger partial charge < -0.3 is 9.73 Å². The molecule has 1 heterocycles. The maximum atomic E-state index is 12.3.